The molecule has 2 unspecified atom stereocenters. The summed E-state index contributed by atoms with van der Waals surface area (Å²) in [4.78, 5) is 0. The SMILES string of the molecule is CCCOC(COC)COCC(COCC(COC)OCCC)OCCC. The summed E-state index contributed by atoms with van der Waals surface area (Å²) in [7, 11) is 3.33. The molecule has 0 spiro atoms. The van der Waals surface area contributed by atoms with Crippen LogP contribution in [0.1, 0.15) is 40.0 Å². The summed E-state index contributed by atoms with van der Waals surface area (Å²) in [6, 6.07) is 0. The first-order valence-electron chi connectivity index (χ1n) is 10.2. The van der Waals surface area contributed by atoms with E-state index in [9.17, 15) is 0 Å². The smallest absolute Gasteiger partial charge is 0.104 e. The Bertz CT molecular complexity index is 268. The summed E-state index contributed by atoms with van der Waals surface area (Å²) < 4.78 is 39.3. The molecule has 0 aromatic rings. The maximum Gasteiger partial charge on any atom is 0.104 e. The molecular weight excluding hydrogens is 352 g/mol. The molecule has 0 aromatic heterocycles. The van der Waals surface area contributed by atoms with E-state index >= 15 is 0 Å². The standard InChI is InChI=1S/C20H42O7/c1-6-9-25-18(12-21-4)14-23-16-20(27-11-8-3)17-24-15-19(13-22-5)26-10-7-2/h18-20H,6-17H2,1-5H3. The van der Waals surface area contributed by atoms with Crippen LogP contribution in [0, 0.1) is 0 Å². The van der Waals surface area contributed by atoms with Gasteiger partial charge in [0.05, 0.1) is 39.6 Å². The molecule has 0 aromatic carbocycles. The van der Waals surface area contributed by atoms with Crippen LogP contribution >= 0.6 is 0 Å². The Morgan fingerprint density at radius 3 is 1.04 bits per heavy atom. The molecule has 0 aliphatic heterocycles. The molecule has 0 N–H and O–H groups in total. The van der Waals surface area contributed by atoms with Crippen LogP contribution in [0.4, 0.5) is 0 Å². The van der Waals surface area contributed by atoms with Crippen LogP contribution in [0.2, 0.25) is 0 Å². The zero-order chi connectivity index (χ0) is 20.2. The number of rotatable bonds is 21. The van der Waals surface area contributed by atoms with Crippen LogP contribution in [-0.4, -0.2) is 92.0 Å². The Morgan fingerprint density at radius 2 is 0.778 bits per heavy atom. The summed E-state index contributed by atoms with van der Waals surface area (Å²) in [5, 5.41) is 0. The van der Waals surface area contributed by atoms with Crippen molar-refractivity contribution in [2.45, 2.75) is 58.3 Å². The molecule has 0 amide bonds. The first kappa shape index (κ1) is 26.7. The topological polar surface area (TPSA) is 64.6 Å². The quantitative estimate of drug-likeness (QED) is 0.297. The van der Waals surface area contributed by atoms with Crippen LogP contribution in [0.25, 0.3) is 0 Å². The zero-order valence-electron chi connectivity index (χ0n) is 18.1. The minimum atomic E-state index is -0.117. The predicted octanol–water partition coefficient (Wildman–Crippen LogP) is 2.70. The van der Waals surface area contributed by atoms with Crippen molar-refractivity contribution < 1.29 is 33.2 Å². The lowest BCUT2D eigenvalue weighted by atomic mass is 10.3. The normalized spacial score (nSPS) is 15.0. The van der Waals surface area contributed by atoms with Crippen LogP contribution in [0.3, 0.4) is 0 Å². The molecule has 0 aliphatic rings. The van der Waals surface area contributed by atoms with Crippen molar-refractivity contribution in [3.8, 4) is 0 Å². The van der Waals surface area contributed by atoms with Crippen LogP contribution in [-0.2, 0) is 33.2 Å². The van der Waals surface area contributed by atoms with Gasteiger partial charge in [0.2, 0.25) is 0 Å². The monoisotopic (exact) mass is 394 g/mol. The van der Waals surface area contributed by atoms with E-state index in [0.29, 0.717) is 59.5 Å². The second kappa shape index (κ2) is 20.5. The summed E-state index contributed by atoms with van der Waals surface area (Å²) in [6.45, 7) is 11.2. The van der Waals surface area contributed by atoms with E-state index in [4.69, 9.17) is 33.2 Å². The van der Waals surface area contributed by atoms with Gasteiger partial charge in [-0.2, -0.15) is 0 Å². The summed E-state index contributed by atoms with van der Waals surface area (Å²) in [5.74, 6) is 0. The van der Waals surface area contributed by atoms with Gasteiger partial charge in [-0.1, -0.05) is 20.8 Å². The molecule has 0 bridgehead atoms. The highest BCUT2D eigenvalue weighted by Gasteiger charge is 2.15. The van der Waals surface area contributed by atoms with E-state index in [1.165, 1.54) is 0 Å². The fourth-order valence-electron chi connectivity index (χ4n) is 2.32. The second-order valence-corrected chi connectivity index (χ2v) is 6.46. The van der Waals surface area contributed by atoms with E-state index in [0.717, 1.165) is 19.3 Å². The Hall–Kier alpha value is -0.280. The Balaban J connectivity index is 4.23. The Labute approximate surface area is 165 Å². The lowest BCUT2D eigenvalue weighted by Gasteiger charge is -2.22. The molecule has 0 radical (unpaired) electrons. The Kier molecular flexibility index (Phi) is 20.2. The van der Waals surface area contributed by atoms with Crippen molar-refractivity contribution in [1.29, 1.82) is 0 Å². The van der Waals surface area contributed by atoms with Crippen LogP contribution in [0.15, 0.2) is 0 Å². The van der Waals surface area contributed by atoms with E-state index in [2.05, 4.69) is 20.8 Å². The van der Waals surface area contributed by atoms with Crippen molar-refractivity contribution in [2.75, 3.05) is 73.7 Å². The molecule has 0 aliphatic carbocycles. The fourth-order valence-corrected chi connectivity index (χ4v) is 2.32. The van der Waals surface area contributed by atoms with Gasteiger partial charge in [0.1, 0.15) is 18.3 Å². The third-order valence-corrected chi connectivity index (χ3v) is 3.59. The van der Waals surface area contributed by atoms with Gasteiger partial charge in [0.15, 0.2) is 0 Å². The molecule has 164 valence electrons. The van der Waals surface area contributed by atoms with Crippen LogP contribution in [0.5, 0.6) is 0 Å². The average Bonchev–Trinajstić information content (AvgIpc) is 2.67. The second-order valence-electron chi connectivity index (χ2n) is 6.46. The molecule has 0 heterocycles. The maximum atomic E-state index is 5.84. The van der Waals surface area contributed by atoms with E-state index < -0.39 is 0 Å². The van der Waals surface area contributed by atoms with Crippen molar-refractivity contribution in [3.63, 3.8) is 0 Å². The van der Waals surface area contributed by atoms with Gasteiger partial charge in [-0.05, 0) is 19.3 Å². The van der Waals surface area contributed by atoms with Gasteiger partial charge in [-0.3, -0.25) is 0 Å². The molecule has 0 saturated heterocycles. The highest BCUT2D eigenvalue weighted by Crippen LogP contribution is 2.03. The Morgan fingerprint density at radius 1 is 0.481 bits per heavy atom. The number of hydrogen-bond acceptors (Lipinski definition) is 7. The number of ether oxygens (including phenoxy) is 7. The average molecular weight is 395 g/mol. The van der Waals surface area contributed by atoms with E-state index in [1.54, 1.807) is 14.2 Å². The molecule has 7 nitrogen and oxygen atoms in total. The van der Waals surface area contributed by atoms with Gasteiger partial charge in [0.25, 0.3) is 0 Å². The van der Waals surface area contributed by atoms with Gasteiger partial charge < -0.3 is 33.2 Å². The van der Waals surface area contributed by atoms with Crippen LogP contribution < -0.4 is 0 Å². The molecule has 27 heavy (non-hydrogen) atoms. The zero-order valence-corrected chi connectivity index (χ0v) is 18.1. The minimum Gasteiger partial charge on any atom is -0.382 e. The van der Waals surface area contributed by atoms with Gasteiger partial charge >= 0.3 is 0 Å². The summed E-state index contributed by atoms with van der Waals surface area (Å²) in [6.07, 6.45) is 2.66. The summed E-state index contributed by atoms with van der Waals surface area (Å²) >= 11 is 0. The fraction of sp³-hybridized carbons (Fsp3) is 1.00. The molecule has 7 heteroatoms. The van der Waals surface area contributed by atoms with Gasteiger partial charge in [-0.25, -0.2) is 0 Å². The third kappa shape index (κ3) is 16.4. The number of hydrogen-bond donors (Lipinski definition) is 0. The van der Waals surface area contributed by atoms with Crippen molar-refractivity contribution in [1.82, 2.24) is 0 Å². The van der Waals surface area contributed by atoms with E-state index in [1.807, 2.05) is 0 Å². The van der Waals surface area contributed by atoms with Crippen molar-refractivity contribution in [2.24, 2.45) is 0 Å². The highest BCUT2D eigenvalue weighted by molar-refractivity contribution is 4.61. The van der Waals surface area contributed by atoms with Crippen molar-refractivity contribution >= 4 is 0 Å². The molecule has 2 atom stereocenters. The molecule has 0 saturated carbocycles. The third-order valence-electron chi connectivity index (χ3n) is 3.59. The predicted molar refractivity (Wildman–Crippen MR) is 105 cm³/mol. The number of methoxy groups -OCH3 is 2. The van der Waals surface area contributed by atoms with Gasteiger partial charge in [-0.15, -0.1) is 0 Å². The van der Waals surface area contributed by atoms with Gasteiger partial charge in [0, 0.05) is 34.0 Å². The first-order chi connectivity index (χ1) is 13.2. The largest absolute Gasteiger partial charge is 0.382 e. The highest BCUT2D eigenvalue weighted by atomic mass is 16.6. The molecular formula is C20H42O7. The lowest BCUT2D eigenvalue weighted by Crippen LogP contribution is -2.33. The van der Waals surface area contributed by atoms with E-state index in [-0.39, 0.29) is 18.3 Å². The first-order valence-corrected chi connectivity index (χ1v) is 10.2. The summed E-state index contributed by atoms with van der Waals surface area (Å²) in [5.41, 5.74) is 0. The maximum absolute atomic E-state index is 5.84. The molecule has 0 rings (SSSR count). The van der Waals surface area contributed by atoms with Crippen molar-refractivity contribution in [3.05, 3.63) is 0 Å². The molecule has 0 fully saturated rings. The minimum absolute atomic E-state index is 0.0591. The lowest BCUT2D eigenvalue weighted by molar-refractivity contribution is -0.105.